The van der Waals surface area contributed by atoms with Gasteiger partial charge >= 0.3 is 0 Å². The topological polar surface area (TPSA) is 0 Å². The van der Waals surface area contributed by atoms with Crippen molar-refractivity contribution < 1.29 is 0 Å². The van der Waals surface area contributed by atoms with E-state index in [0.717, 1.165) is 25.7 Å². The molecule has 0 nitrogen and oxygen atoms in total. The summed E-state index contributed by atoms with van der Waals surface area (Å²) in [4.78, 5) is 0. The molecule has 0 N–H and O–H groups in total. The summed E-state index contributed by atoms with van der Waals surface area (Å²) < 4.78 is 0. The molecule has 0 heteroatoms. The van der Waals surface area contributed by atoms with Crippen LogP contribution < -0.4 is 0 Å². The van der Waals surface area contributed by atoms with Gasteiger partial charge in [0.25, 0.3) is 0 Å². The smallest absolute Gasteiger partial charge is 0.0152 e. The van der Waals surface area contributed by atoms with Crippen LogP contribution in [-0.2, 0) is 25.7 Å². The van der Waals surface area contributed by atoms with Crippen LogP contribution in [0.25, 0.3) is 22.3 Å². The van der Waals surface area contributed by atoms with Crippen molar-refractivity contribution in [1.29, 1.82) is 0 Å². The Labute approximate surface area is 171 Å². The zero-order valence-corrected chi connectivity index (χ0v) is 18.4. The van der Waals surface area contributed by atoms with E-state index in [9.17, 15) is 0 Å². The molecule has 0 bridgehead atoms. The van der Waals surface area contributed by atoms with Crippen LogP contribution in [0, 0.1) is 13.8 Å². The largest absolute Gasteiger partial charge is 0.0613 e. The summed E-state index contributed by atoms with van der Waals surface area (Å²) in [7, 11) is 0. The highest BCUT2D eigenvalue weighted by Crippen LogP contribution is 2.34. The minimum Gasteiger partial charge on any atom is -0.0613 e. The average molecular weight is 371 g/mol. The van der Waals surface area contributed by atoms with Gasteiger partial charge < -0.3 is 0 Å². The Balaban J connectivity index is 2.07. The second kappa shape index (κ2) is 8.78. The molecule has 0 spiro atoms. The number of hydrogen-bond donors (Lipinski definition) is 0. The molecule has 0 fully saturated rings. The highest BCUT2D eigenvalue weighted by molar-refractivity contribution is 5.77. The fraction of sp³-hybridized carbons (Fsp3) is 0.357. The molecule has 146 valence electrons. The van der Waals surface area contributed by atoms with Crippen molar-refractivity contribution in [1.82, 2.24) is 0 Å². The van der Waals surface area contributed by atoms with E-state index in [1.54, 1.807) is 0 Å². The van der Waals surface area contributed by atoms with Gasteiger partial charge in [-0.25, -0.2) is 0 Å². The average Bonchev–Trinajstić information content (AvgIpc) is 2.74. The van der Waals surface area contributed by atoms with E-state index < -0.39 is 0 Å². The first-order valence-electron chi connectivity index (χ1n) is 10.9. The zero-order valence-electron chi connectivity index (χ0n) is 18.4. The van der Waals surface area contributed by atoms with Crippen LogP contribution in [0.5, 0.6) is 0 Å². The van der Waals surface area contributed by atoms with Crippen molar-refractivity contribution in [2.75, 3.05) is 0 Å². The van der Waals surface area contributed by atoms with Crippen LogP contribution >= 0.6 is 0 Å². The molecule has 0 aliphatic rings. The van der Waals surface area contributed by atoms with E-state index in [4.69, 9.17) is 0 Å². The first-order chi connectivity index (χ1) is 13.5. The highest BCUT2D eigenvalue weighted by Gasteiger charge is 2.12. The minimum absolute atomic E-state index is 1.09. The molecule has 28 heavy (non-hydrogen) atoms. The van der Waals surface area contributed by atoms with E-state index in [1.807, 2.05) is 0 Å². The van der Waals surface area contributed by atoms with Crippen molar-refractivity contribution in [3.05, 3.63) is 81.9 Å². The van der Waals surface area contributed by atoms with Crippen molar-refractivity contribution in [3.63, 3.8) is 0 Å². The normalized spacial score (nSPS) is 11.1. The summed E-state index contributed by atoms with van der Waals surface area (Å²) in [6.07, 6.45) is 4.40. The molecule has 3 aromatic rings. The van der Waals surface area contributed by atoms with E-state index in [2.05, 4.69) is 90.1 Å². The monoisotopic (exact) mass is 370 g/mol. The fourth-order valence-corrected chi connectivity index (χ4v) is 4.38. The molecule has 0 aromatic heterocycles. The zero-order chi connectivity index (χ0) is 20.3. The number of aryl methyl sites for hydroxylation is 4. The first kappa shape index (κ1) is 20.4. The van der Waals surface area contributed by atoms with E-state index >= 15 is 0 Å². The van der Waals surface area contributed by atoms with Gasteiger partial charge in [-0.15, -0.1) is 0 Å². The lowest BCUT2D eigenvalue weighted by atomic mass is 9.88. The van der Waals surface area contributed by atoms with Gasteiger partial charge in [-0.05, 0) is 95.2 Å². The molecule has 0 saturated carbocycles. The Morgan fingerprint density at radius 3 is 1.14 bits per heavy atom. The molecule has 0 radical (unpaired) electrons. The third-order valence-corrected chi connectivity index (χ3v) is 6.35. The third-order valence-electron chi connectivity index (χ3n) is 6.35. The summed E-state index contributed by atoms with van der Waals surface area (Å²) in [6, 6.07) is 18.6. The number of rotatable bonds is 6. The van der Waals surface area contributed by atoms with Gasteiger partial charge in [0.2, 0.25) is 0 Å². The summed E-state index contributed by atoms with van der Waals surface area (Å²) in [6.45, 7) is 13.5. The Kier molecular flexibility index (Phi) is 6.39. The van der Waals surface area contributed by atoms with E-state index in [1.165, 1.54) is 55.6 Å². The fourth-order valence-electron chi connectivity index (χ4n) is 4.38. The molecule has 0 aliphatic carbocycles. The maximum atomic E-state index is 2.39. The van der Waals surface area contributed by atoms with Gasteiger partial charge in [0.1, 0.15) is 0 Å². The van der Waals surface area contributed by atoms with Crippen LogP contribution in [0.4, 0.5) is 0 Å². The molecule has 0 amide bonds. The minimum atomic E-state index is 1.09. The summed E-state index contributed by atoms with van der Waals surface area (Å²) in [5.41, 5.74) is 14.1. The summed E-state index contributed by atoms with van der Waals surface area (Å²) in [5.74, 6) is 0. The molecule has 0 atom stereocenters. The molecule has 0 saturated heterocycles. The van der Waals surface area contributed by atoms with Gasteiger partial charge in [-0.1, -0.05) is 76.2 Å². The van der Waals surface area contributed by atoms with Crippen LogP contribution in [0.1, 0.15) is 61.1 Å². The molecule has 0 heterocycles. The van der Waals surface area contributed by atoms with Crippen molar-refractivity contribution in [3.8, 4) is 22.3 Å². The van der Waals surface area contributed by atoms with Gasteiger partial charge in [0.15, 0.2) is 0 Å². The highest BCUT2D eigenvalue weighted by atomic mass is 14.2. The maximum Gasteiger partial charge on any atom is -0.0152 e. The molecule has 3 aromatic carbocycles. The van der Waals surface area contributed by atoms with Gasteiger partial charge in [0, 0.05) is 0 Å². The Morgan fingerprint density at radius 2 is 0.821 bits per heavy atom. The van der Waals surface area contributed by atoms with Crippen molar-refractivity contribution in [2.24, 2.45) is 0 Å². The summed E-state index contributed by atoms with van der Waals surface area (Å²) >= 11 is 0. The predicted molar refractivity (Wildman–Crippen MR) is 124 cm³/mol. The lowest BCUT2D eigenvalue weighted by Gasteiger charge is -2.17. The predicted octanol–water partition coefficient (Wildman–Crippen LogP) is 7.89. The molecular formula is C28H34. The Hall–Kier alpha value is -2.34. The Morgan fingerprint density at radius 1 is 0.464 bits per heavy atom. The second-order valence-electron chi connectivity index (χ2n) is 7.79. The molecular weight excluding hydrogens is 336 g/mol. The SMILES string of the molecule is CCc1ccc(-c2ccc(-c3ccc(CC)c(CC)c3)c(C)c2C)cc1CC. The second-order valence-corrected chi connectivity index (χ2v) is 7.79. The number of benzene rings is 3. The van der Waals surface area contributed by atoms with Crippen LogP contribution in [0.3, 0.4) is 0 Å². The molecule has 3 rings (SSSR count). The van der Waals surface area contributed by atoms with E-state index in [0.29, 0.717) is 0 Å². The Bertz CT molecular complexity index is 895. The van der Waals surface area contributed by atoms with Gasteiger partial charge in [-0.2, -0.15) is 0 Å². The molecule has 0 aliphatic heterocycles. The quantitative estimate of drug-likeness (QED) is 0.414. The standard InChI is InChI=1S/C28H34/c1-7-21-11-13-25(17-23(21)9-3)27-15-16-28(20(6)19(27)5)26-14-12-22(8-2)24(10-4)18-26/h11-18H,7-10H2,1-6H3. The lowest BCUT2D eigenvalue weighted by molar-refractivity contribution is 1.04. The van der Waals surface area contributed by atoms with Gasteiger partial charge in [-0.3, -0.25) is 0 Å². The number of hydrogen-bond acceptors (Lipinski definition) is 0. The maximum absolute atomic E-state index is 2.39. The van der Waals surface area contributed by atoms with Crippen molar-refractivity contribution in [2.45, 2.75) is 67.2 Å². The summed E-state index contributed by atoms with van der Waals surface area (Å²) in [5, 5.41) is 0. The van der Waals surface area contributed by atoms with E-state index in [-0.39, 0.29) is 0 Å². The van der Waals surface area contributed by atoms with Crippen LogP contribution in [0.2, 0.25) is 0 Å². The van der Waals surface area contributed by atoms with Crippen LogP contribution in [-0.4, -0.2) is 0 Å². The third kappa shape index (κ3) is 3.78. The lowest BCUT2D eigenvalue weighted by Crippen LogP contribution is -1.96. The van der Waals surface area contributed by atoms with Crippen LogP contribution in [0.15, 0.2) is 48.5 Å². The molecule has 0 unspecified atom stereocenters. The van der Waals surface area contributed by atoms with Crippen molar-refractivity contribution >= 4 is 0 Å². The first-order valence-corrected chi connectivity index (χ1v) is 10.9. The van der Waals surface area contributed by atoms with Gasteiger partial charge in [0.05, 0.1) is 0 Å².